The lowest BCUT2D eigenvalue weighted by Gasteiger charge is -2.06. The third-order valence-electron chi connectivity index (χ3n) is 3.47. The summed E-state index contributed by atoms with van der Waals surface area (Å²) >= 11 is 1.56. The molecule has 24 heavy (non-hydrogen) atoms. The summed E-state index contributed by atoms with van der Waals surface area (Å²) in [7, 11) is 1.65. The number of halogens is 1. The lowest BCUT2D eigenvalue weighted by Crippen LogP contribution is -2.33. The van der Waals surface area contributed by atoms with Crippen LogP contribution in [0.4, 0.5) is 0 Å². The van der Waals surface area contributed by atoms with Crippen LogP contribution in [0, 0.1) is 0 Å². The van der Waals surface area contributed by atoms with E-state index in [1.807, 2.05) is 29.6 Å². The first kappa shape index (κ1) is 20.6. The van der Waals surface area contributed by atoms with Crippen molar-refractivity contribution in [1.82, 2.24) is 10.6 Å². The number of hydrogen-bond acceptors (Lipinski definition) is 5. The maximum atomic E-state index is 12.3. The SMILES string of the molecule is COCCNCCNC(=O)CCC(=O)c1csc2ccccc12.Cl. The van der Waals surface area contributed by atoms with Crippen LogP contribution in [0.2, 0.25) is 0 Å². The van der Waals surface area contributed by atoms with Gasteiger partial charge in [-0.1, -0.05) is 18.2 Å². The highest BCUT2D eigenvalue weighted by molar-refractivity contribution is 7.17. The summed E-state index contributed by atoms with van der Waals surface area (Å²) in [5.74, 6) is -0.0674. The average molecular weight is 371 g/mol. The summed E-state index contributed by atoms with van der Waals surface area (Å²) in [4.78, 5) is 24.0. The van der Waals surface area contributed by atoms with E-state index in [4.69, 9.17) is 4.74 Å². The zero-order valence-electron chi connectivity index (χ0n) is 13.7. The molecule has 1 amide bonds. The molecule has 1 aromatic carbocycles. The van der Waals surface area contributed by atoms with E-state index < -0.39 is 0 Å². The van der Waals surface area contributed by atoms with Crippen molar-refractivity contribution < 1.29 is 14.3 Å². The van der Waals surface area contributed by atoms with E-state index in [0.717, 1.165) is 22.2 Å². The summed E-state index contributed by atoms with van der Waals surface area (Å²) in [6.45, 7) is 2.66. The quantitative estimate of drug-likeness (QED) is 0.498. The summed E-state index contributed by atoms with van der Waals surface area (Å²) in [6, 6.07) is 7.83. The Bertz CT molecular complexity index is 660. The largest absolute Gasteiger partial charge is 0.383 e. The highest BCUT2D eigenvalue weighted by Crippen LogP contribution is 2.26. The smallest absolute Gasteiger partial charge is 0.220 e. The van der Waals surface area contributed by atoms with E-state index in [9.17, 15) is 9.59 Å². The molecule has 0 saturated heterocycles. The number of carbonyl (C=O) groups is 2. The number of nitrogens with one attached hydrogen (secondary N) is 2. The van der Waals surface area contributed by atoms with Crippen molar-refractivity contribution in [2.24, 2.45) is 0 Å². The van der Waals surface area contributed by atoms with Crippen molar-refractivity contribution in [3.8, 4) is 0 Å². The molecule has 0 atom stereocenters. The van der Waals surface area contributed by atoms with Crippen LogP contribution in [-0.4, -0.2) is 45.0 Å². The third-order valence-corrected chi connectivity index (χ3v) is 4.43. The van der Waals surface area contributed by atoms with Crippen molar-refractivity contribution in [2.45, 2.75) is 12.8 Å². The van der Waals surface area contributed by atoms with Crippen LogP contribution in [-0.2, 0) is 9.53 Å². The lowest BCUT2D eigenvalue weighted by molar-refractivity contribution is -0.121. The van der Waals surface area contributed by atoms with E-state index in [1.165, 1.54) is 0 Å². The van der Waals surface area contributed by atoms with E-state index >= 15 is 0 Å². The number of amides is 1. The van der Waals surface area contributed by atoms with Crippen molar-refractivity contribution >= 4 is 45.5 Å². The number of thiophene rings is 1. The predicted molar refractivity (Wildman–Crippen MR) is 100 cm³/mol. The number of ether oxygens (including phenoxy) is 1. The van der Waals surface area contributed by atoms with Crippen LogP contribution >= 0.6 is 23.7 Å². The molecule has 1 aromatic heterocycles. The normalized spacial score (nSPS) is 10.4. The van der Waals surface area contributed by atoms with Crippen molar-refractivity contribution in [3.63, 3.8) is 0 Å². The van der Waals surface area contributed by atoms with Crippen LogP contribution < -0.4 is 10.6 Å². The molecule has 0 spiro atoms. The van der Waals surface area contributed by atoms with Gasteiger partial charge in [0.1, 0.15) is 0 Å². The lowest BCUT2D eigenvalue weighted by atomic mass is 10.1. The number of Topliss-reactive ketones (excluding diaryl/α,β-unsaturated/α-hetero) is 1. The summed E-state index contributed by atoms with van der Waals surface area (Å²) in [6.07, 6.45) is 0.463. The zero-order chi connectivity index (χ0) is 16.5. The van der Waals surface area contributed by atoms with E-state index in [-0.39, 0.29) is 36.9 Å². The fourth-order valence-corrected chi connectivity index (χ4v) is 3.20. The molecular formula is C17H23ClN2O3S. The molecule has 0 fully saturated rings. The second-order valence-electron chi connectivity index (χ2n) is 5.16. The molecule has 2 aromatic rings. The van der Waals surface area contributed by atoms with Crippen molar-refractivity contribution in [1.29, 1.82) is 0 Å². The molecule has 0 bridgehead atoms. The first-order valence-corrected chi connectivity index (χ1v) is 8.56. The number of fused-ring (bicyclic) bond motifs is 1. The molecule has 0 radical (unpaired) electrons. The molecule has 2 N–H and O–H groups in total. The first-order valence-electron chi connectivity index (χ1n) is 7.68. The van der Waals surface area contributed by atoms with Gasteiger partial charge >= 0.3 is 0 Å². The van der Waals surface area contributed by atoms with Crippen LogP contribution in [0.3, 0.4) is 0 Å². The Balaban J connectivity index is 0.00000288. The monoisotopic (exact) mass is 370 g/mol. The Labute approximate surface area is 152 Å². The number of ketones is 1. The molecule has 2 rings (SSSR count). The second kappa shape index (κ2) is 11.1. The Morgan fingerprint density at radius 1 is 1.12 bits per heavy atom. The van der Waals surface area contributed by atoms with E-state index in [0.29, 0.717) is 19.7 Å². The number of methoxy groups -OCH3 is 1. The highest BCUT2D eigenvalue weighted by atomic mass is 35.5. The molecule has 7 heteroatoms. The predicted octanol–water partition coefficient (Wildman–Crippen LogP) is 2.64. The molecule has 0 aliphatic heterocycles. The van der Waals surface area contributed by atoms with Gasteiger partial charge in [0.2, 0.25) is 5.91 Å². The van der Waals surface area contributed by atoms with Gasteiger partial charge in [-0.2, -0.15) is 0 Å². The molecular weight excluding hydrogens is 348 g/mol. The van der Waals surface area contributed by atoms with Crippen LogP contribution in [0.15, 0.2) is 29.6 Å². The van der Waals surface area contributed by atoms with Crippen LogP contribution in [0.25, 0.3) is 10.1 Å². The second-order valence-corrected chi connectivity index (χ2v) is 6.07. The van der Waals surface area contributed by atoms with E-state index in [2.05, 4.69) is 10.6 Å². The van der Waals surface area contributed by atoms with Gasteiger partial charge in [0.25, 0.3) is 0 Å². The molecule has 0 saturated carbocycles. The summed E-state index contributed by atoms with van der Waals surface area (Å²) < 4.78 is 6.01. The fraction of sp³-hybridized carbons (Fsp3) is 0.412. The molecule has 132 valence electrons. The Kier molecular flexibility index (Phi) is 9.56. The summed E-state index contributed by atoms with van der Waals surface area (Å²) in [5.41, 5.74) is 0.722. The average Bonchev–Trinajstić information content (AvgIpc) is 3.00. The Hall–Kier alpha value is -1.47. The van der Waals surface area contributed by atoms with Gasteiger partial charge in [0, 0.05) is 60.6 Å². The maximum absolute atomic E-state index is 12.3. The van der Waals surface area contributed by atoms with Gasteiger partial charge in [0.15, 0.2) is 5.78 Å². The number of benzene rings is 1. The van der Waals surface area contributed by atoms with Gasteiger partial charge < -0.3 is 15.4 Å². The fourth-order valence-electron chi connectivity index (χ4n) is 2.23. The zero-order valence-corrected chi connectivity index (χ0v) is 15.3. The van der Waals surface area contributed by atoms with Crippen LogP contribution in [0.5, 0.6) is 0 Å². The van der Waals surface area contributed by atoms with E-state index in [1.54, 1.807) is 18.4 Å². The van der Waals surface area contributed by atoms with Gasteiger partial charge in [0.05, 0.1) is 6.61 Å². The third kappa shape index (κ3) is 6.20. The topological polar surface area (TPSA) is 67.4 Å². The van der Waals surface area contributed by atoms with Crippen molar-refractivity contribution in [3.05, 3.63) is 35.2 Å². The first-order chi connectivity index (χ1) is 11.2. The van der Waals surface area contributed by atoms with Gasteiger partial charge in [-0.25, -0.2) is 0 Å². The number of carbonyl (C=O) groups excluding carboxylic acids is 2. The van der Waals surface area contributed by atoms with Gasteiger partial charge in [-0.3, -0.25) is 9.59 Å². The standard InChI is InChI=1S/C17H22N2O3S.ClH/c1-22-11-10-18-8-9-19-17(21)7-6-15(20)14-12-23-16-5-3-2-4-13(14)16;/h2-5,12,18H,6-11H2,1H3,(H,19,21);1H. The van der Waals surface area contributed by atoms with Gasteiger partial charge in [-0.05, 0) is 6.07 Å². The highest BCUT2D eigenvalue weighted by Gasteiger charge is 2.13. The molecule has 0 aliphatic rings. The molecule has 5 nitrogen and oxygen atoms in total. The van der Waals surface area contributed by atoms with Crippen LogP contribution in [0.1, 0.15) is 23.2 Å². The number of hydrogen-bond donors (Lipinski definition) is 2. The molecule has 0 unspecified atom stereocenters. The Morgan fingerprint density at radius 2 is 1.92 bits per heavy atom. The minimum Gasteiger partial charge on any atom is -0.383 e. The van der Waals surface area contributed by atoms with Gasteiger partial charge in [-0.15, -0.1) is 23.7 Å². The van der Waals surface area contributed by atoms with Crippen molar-refractivity contribution in [2.75, 3.05) is 33.4 Å². The maximum Gasteiger partial charge on any atom is 0.220 e. The number of rotatable bonds is 10. The minimum atomic E-state index is -0.0913. The molecule has 0 aliphatic carbocycles. The molecule has 1 heterocycles. The minimum absolute atomic E-state index is 0. The Morgan fingerprint density at radius 3 is 2.71 bits per heavy atom. The summed E-state index contributed by atoms with van der Waals surface area (Å²) in [5, 5.41) is 8.81.